The molecular weight excluding hydrogens is 372 g/mol. The van der Waals surface area contributed by atoms with E-state index in [4.69, 9.17) is 11.6 Å². The summed E-state index contributed by atoms with van der Waals surface area (Å²) in [5, 5.41) is 3.52. The average Bonchev–Trinajstić information content (AvgIpc) is 3.03. The van der Waals surface area contributed by atoms with Gasteiger partial charge in [0.2, 0.25) is 5.91 Å². The maximum Gasteiger partial charge on any atom is 0.235 e. The SMILES string of the molecule is CCCCCS(=O)(=O)CC(=O)NCC1CCN(c2cc(Cl)ccc2C)C1. The van der Waals surface area contributed by atoms with Crippen molar-refractivity contribution in [1.29, 1.82) is 0 Å². The Kier molecular flexibility index (Phi) is 7.77. The molecular formula is C19H29ClN2O3S. The van der Waals surface area contributed by atoms with Crippen molar-refractivity contribution in [3.05, 3.63) is 28.8 Å². The van der Waals surface area contributed by atoms with Crippen LogP contribution in [0.3, 0.4) is 0 Å². The summed E-state index contributed by atoms with van der Waals surface area (Å²) in [7, 11) is -3.30. The van der Waals surface area contributed by atoms with Gasteiger partial charge in [0, 0.05) is 30.3 Å². The Morgan fingerprint density at radius 2 is 2.12 bits per heavy atom. The van der Waals surface area contributed by atoms with Gasteiger partial charge < -0.3 is 10.2 Å². The summed E-state index contributed by atoms with van der Waals surface area (Å²) >= 11 is 6.10. The summed E-state index contributed by atoms with van der Waals surface area (Å²) in [6.07, 6.45) is 3.44. The molecule has 1 fully saturated rings. The van der Waals surface area contributed by atoms with Crippen LogP contribution in [0.15, 0.2) is 18.2 Å². The van der Waals surface area contributed by atoms with Crippen molar-refractivity contribution in [3.8, 4) is 0 Å². The standard InChI is InChI=1S/C19H29ClN2O3S/c1-3-4-5-10-26(24,25)14-19(23)21-12-16-8-9-22(13-16)18-11-17(20)7-6-15(18)2/h6-7,11,16H,3-5,8-10,12-14H2,1-2H3,(H,21,23). The summed E-state index contributed by atoms with van der Waals surface area (Å²) in [5.41, 5.74) is 2.31. The predicted octanol–water partition coefficient (Wildman–Crippen LogP) is 3.20. The van der Waals surface area contributed by atoms with Crippen LogP contribution in [0.2, 0.25) is 5.02 Å². The monoisotopic (exact) mass is 400 g/mol. The topological polar surface area (TPSA) is 66.5 Å². The van der Waals surface area contributed by atoms with E-state index < -0.39 is 15.6 Å². The van der Waals surface area contributed by atoms with E-state index in [2.05, 4.69) is 17.1 Å². The Labute approximate surface area is 162 Å². The van der Waals surface area contributed by atoms with Gasteiger partial charge in [-0.3, -0.25) is 4.79 Å². The van der Waals surface area contributed by atoms with Crippen molar-refractivity contribution >= 4 is 33.0 Å². The third-order valence-corrected chi connectivity index (χ3v) is 6.64. The number of halogens is 1. The number of unbranched alkanes of at least 4 members (excludes halogenated alkanes) is 2. The lowest BCUT2D eigenvalue weighted by molar-refractivity contribution is -0.118. The maximum atomic E-state index is 12.0. The van der Waals surface area contributed by atoms with Gasteiger partial charge in [0.25, 0.3) is 0 Å². The highest BCUT2D eigenvalue weighted by Gasteiger charge is 2.25. The van der Waals surface area contributed by atoms with Crippen LogP contribution in [-0.2, 0) is 14.6 Å². The highest BCUT2D eigenvalue weighted by molar-refractivity contribution is 7.92. The smallest absolute Gasteiger partial charge is 0.235 e. The normalized spacial score (nSPS) is 17.5. The molecule has 1 aliphatic heterocycles. The van der Waals surface area contributed by atoms with Gasteiger partial charge in [0.15, 0.2) is 9.84 Å². The molecule has 146 valence electrons. The molecule has 1 aliphatic rings. The number of hydrogen-bond donors (Lipinski definition) is 1. The molecule has 1 atom stereocenters. The van der Waals surface area contributed by atoms with Crippen molar-refractivity contribution in [2.45, 2.75) is 39.5 Å². The molecule has 0 radical (unpaired) electrons. The molecule has 26 heavy (non-hydrogen) atoms. The second-order valence-electron chi connectivity index (χ2n) is 7.13. The average molecular weight is 401 g/mol. The Morgan fingerprint density at radius 1 is 1.35 bits per heavy atom. The van der Waals surface area contributed by atoms with Crippen LogP contribution in [0.5, 0.6) is 0 Å². The summed E-state index contributed by atoms with van der Waals surface area (Å²) in [6, 6.07) is 5.87. The van der Waals surface area contributed by atoms with Crippen molar-refractivity contribution in [1.82, 2.24) is 5.32 Å². The minimum absolute atomic E-state index is 0.0967. The number of hydrogen-bond acceptors (Lipinski definition) is 4. The second kappa shape index (κ2) is 9.60. The molecule has 1 amide bonds. The number of carbonyl (C=O) groups is 1. The van der Waals surface area contributed by atoms with Crippen LogP contribution in [0.1, 0.15) is 38.2 Å². The van der Waals surface area contributed by atoms with Crippen molar-refractivity contribution < 1.29 is 13.2 Å². The molecule has 1 saturated heterocycles. The first-order valence-electron chi connectivity index (χ1n) is 9.29. The van der Waals surface area contributed by atoms with E-state index in [1.807, 2.05) is 25.1 Å². The fourth-order valence-electron chi connectivity index (χ4n) is 3.29. The fourth-order valence-corrected chi connectivity index (χ4v) is 4.75. The van der Waals surface area contributed by atoms with E-state index in [1.54, 1.807) is 0 Å². The molecule has 2 rings (SSSR count). The van der Waals surface area contributed by atoms with Gasteiger partial charge in [-0.25, -0.2) is 8.42 Å². The molecule has 1 N–H and O–H groups in total. The number of nitrogens with one attached hydrogen (secondary N) is 1. The van der Waals surface area contributed by atoms with Crippen LogP contribution >= 0.6 is 11.6 Å². The van der Waals surface area contributed by atoms with Crippen LogP contribution < -0.4 is 10.2 Å². The van der Waals surface area contributed by atoms with E-state index in [1.165, 1.54) is 5.56 Å². The lowest BCUT2D eigenvalue weighted by Gasteiger charge is -2.21. The molecule has 0 bridgehead atoms. The van der Waals surface area contributed by atoms with Gasteiger partial charge in [-0.15, -0.1) is 0 Å². The zero-order valence-corrected chi connectivity index (χ0v) is 17.2. The summed E-state index contributed by atoms with van der Waals surface area (Å²) in [5.74, 6) is -0.376. The molecule has 5 nitrogen and oxygen atoms in total. The van der Waals surface area contributed by atoms with Gasteiger partial charge in [0.05, 0.1) is 5.75 Å². The van der Waals surface area contributed by atoms with Crippen LogP contribution in [0.4, 0.5) is 5.69 Å². The molecule has 0 spiro atoms. The van der Waals surface area contributed by atoms with E-state index in [-0.39, 0.29) is 11.7 Å². The number of nitrogens with zero attached hydrogens (tertiary/aromatic N) is 1. The van der Waals surface area contributed by atoms with Gasteiger partial charge in [-0.2, -0.15) is 0 Å². The van der Waals surface area contributed by atoms with Crippen molar-refractivity contribution in [2.24, 2.45) is 5.92 Å². The molecule has 1 aromatic rings. The molecule has 1 aromatic carbocycles. The number of benzene rings is 1. The highest BCUT2D eigenvalue weighted by Crippen LogP contribution is 2.29. The van der Waals surface area contributed by atoms with Gasteiger partial charge in [-0.05, 0) is 43.4 Å². The van der Waals surface area contributed by atoms with Crippen molar-refractivity contribution in [3.63, 3.8) is 0 Å². The quantitative estimate of drug-likeness (QED) is 0.646. The van der Waals surface area contributed by atoms with Crippen LogP contribution in [0, 0.1) is 12.8 Å². The minimum Gasteiger partial charge on any atom is -0.371 e. The predicted molar refractivity (Wildman–Crippen MR) is 108 cm³/mol. The first-order valence-corrected chi connectivity index (χ1v) is 11.5. The Hall–Kier alpha value is -1.27. The number of rotatable bonds is 9. The zero-order chi connectivity index (χ0) is 19.2. The van der Waals surface area contributed by atoms with E-state index in [0.717, 1.165) is 43.1 Å². The van der Waals surface area contributed by atoms with Crippen LogP contribution in [0.25, 0.3) is 0 Å². The summed E-state index contributed by atoms with van der Waals surface area (Å²) in [4.78, 5) is 14.3. The minimum atomic E-state index is -3.30. The number of anilines is 1. The first kappa shape index (κ1) is 21.0. The van der Waals surface area contributed by atoms with Gasteiger partial charge in [0.1, 0.15) is 5.75 Å². The number of carbonyl (C=O) groups excluding carboxylic acids is 1. The number of amides is 1. The Balaban J connectivity index is 1.78. The molecule has 1 heterocycles. The first-order chi connectivity index (χ1) is 12.3. The molecule has 1 unspecified atom stereocenters. The Bertz CT molecular complexity index is 721. The largest absolute Gasteiger partial charge is 0.371 e. The van der Waals surface area contributed by atoms with E-state index >= 15 is 0 Å². The second-order valence-corrected chi connectivity index (χ2v) is 9.76. The number of aryl methyl sites for hydroxylation is 1. The molecule has 0 saturated carbocycles. The Morgan fingerprint density at radius 3 is 2.85 bits per heavy atom. The number of sulfone groups is 1. The lowest BCUT2D eigenvalue weighted by Crippen LogP contribution is -2.35. The summed E-state index contributed by atoms with van der Waals surface area (Å²) in [6.45, 7) is 6.35. The third kappa shape index (κ3) is 6.47. The maximum absolute atomic E-state index is 12.0. The molecule has 7 heteroatoms. The molecule has 0 aliphatic carbocycles. The highest BCUT2D eigenvalue weighted by atomic mass is 35.5. The third-order valence-electron chi connectivity index (χ3n) is 4.80. The lowest BCUT2D eigenvalue weighted by atomic mass is 10.1. The van der Waals surface area contributed by atoms with E-state index in [9.17, 15) is 13.2 Å². The van der Waals surface area contributed by atoms with Crippen LogP contribution in [-0.4, -0.2) is 45.5 Å². The van der Waals surface area contributed by atoms with Gasteiger partial charge in [-0.1, -0.05) is 37.4 Å². The fraction of sp³-hybridized carbons (Fsp3) is 0.632. The zero-order valence-electron chi connectivity index (χ0n) is 15.6. The van der Waals surface area contributed by atoms with E-state index in [0.29, 0.717) is 18.9 Å². The van der Waals surface area contributed by atoms with Crippen molar-refractivity contribution in [2.75, 3.05) is 36.0 Å². The summed E-state index contributed by atoms with van der Waals surface area (Å²) < 4.78 is 23.9. The molecule has 0 aromatic heterocycles. The van der Waals surface area contributed by atoms with Gasteiger partial charge >= 0.3 is 0 Å².